The molecule has 1 aromatic rings. The number of ether oxygens (including phenoxy) is 3. The van der Waals surface area contributed by atoms with Crippen LogP contribution in [0.5, 0.6) is 5.75 Å². The Labute approximate surface area is 180 Å². The molecule has 170 valence electrons. The zero-order valence-electron chi connectivity index (χ0n) is 18.7. The van der Waals surface area contributed by atoms with E-state index in [1.54, 1.807) is 7.11 Å². The first-order valence-corrected chi connectivity index (χ1v) is 10.8. The highest BCUT2D eigenvalue weighted by Crippen LogP contribution is 2.12. The average molecular weight is 423 g/mol. The summed E-state index contributed by atoms with van der Waals surface area (Å²) in [6.45, 7) is 10.7. The third kappa shape index (κ3) is 9.75. The molecule has 1 atom stereocenters. The van der Waals surface area contributed by atoms with Crippen LogP contribution in [0.2, 0.25) is 0 Å². The Morgan fingerprint density at radius 1 is 1.23 bits per heavy atom. The fourth-order valence-corrected chi connectivity index (χ4v) is 3.17. The lowest BCUT2D eigenvalue weighted by Crippen LogP contribution is -2.53. The first-order valence-electron chi connectivity index (χ1n) is 10.8. The number of morpholine rings is 1. The standard InChI is InChI=1S/C22H38N4O4/c1-4-29-13-5-10-23-21(24-16-19-6-8-20(28-3)9-7-19)25-17-22(2,27)18-26-11-14-30-15-12-26/h6-9,27H,4-5,10-18H2,1-3H3,(H2,23,24,25). The van der Waals surface area contributed by atoms with Gasteiger partial charge in [-0.15, -0.1) is 0 Å². The normalized spacial score (nSPS) is 17.4. The fraction of sp³-hybridized carbons (Fsp3) is 0.682. The number of aliphatic imine (C=N–C) groups is 1. The van der Waals surface area contributed by atoms with Gasteiger partial charge in [0.1, 0.15) is 5.75 Å². The van der Waals surface area contributed by atoms with Crippen LogP contribution in [-0.2, 0) is 16.0 Å². The third-order valence-corrected chi connectivity index (χ3v) is 4.85. The number of methoxy groups -OCH3 is 1. The van der Waals surface area contributed by atoms with Crippen molar-refractivity contribution in [3.63, 3.8) is 0 Å². The maximum Gasteiger partial charge on any atom is 0.191 e. The molecule has 0 saturated carbocycles. The number of benzene rings is 1. The summed E-state index contributed by atoms with van der Waals surface area (Å²) in [6, 6.07) is 7.87. The summed E-state index contributed by atoms with van der Waals surface area (Å²) in [5.41, 5.74) is 0.219. The van der Waals surface area contributed by atoms with Gasteiger partial charge in [-0.1, -0.05) is 12.1 Å². The SMILES string of the molecule is CCOCCCNC(=NCc1ccc(OC)cc1)NCC(C)(O)CN1CCOCC1. The van der Waals surface area contributed by atoms with Gasteiger partial charge in [-0.3, -0.25) is 4.90 Å². The molecular formula is C22H38N4O4. The molecule has 1 aromatic carbocycles. The quantitative estimate of drug-likeness (QED) is 0.265. The molecule has 0 radical (unpaired) electrons. The maximum atomic E-state index is 10.8. The van der Waals surface area contributed by atoms with Gasteiger partial charge in [-0.2, -0.15) is 0 Å². The van der Waals surface area contributed by atoms with Crippen LogP contribution >= 0.6 is 0 Å². The van der Waals surface area contributed by atoms with E-state index in [1.165, 1.54) is 0 Å². The van der Waals surface area contributed by atoms with Gasteiger partial charge in [0.25, 0.3) is 0 Å². The predicted octanol–water partition coefficient (Wildman–Crippen LogP) is 1.24. The molecule has 1 saturated heterocycles. The maximum absolute atomic E-state index is 10.8. The molecule has 1 aliphatic heterocycles. The molecule has 1 aliphatic rings. The number of β-amino-alcohol motifs (C(OH)–C–C–N with tert-alkyl or cyclic N) is 1. The molecule has 1 unspecified atom stereocenters. The highest BCUT2D eigenvalue weighted by atomic mass is 16.5. The molecule has 8 heteroatoms. The Bertz CT molecular complexity index is 616. The van der Waals surface area contributed by atoms with Crippen molar-refractivity contribution in [1.82, 2.24) is 15.5 Å². The van der Waals surface area contributed by atoms with Crippen LogP contribution in [0.25, 0.3) is 0 Å². The second kappa shape index (κ2) is 13.4. The Kier molecular flexibility index (Phi) is 10.9. The van der Waals surface area contributed by atoms with Crippen molar-refractivity contribution in [2.24, 2.45) is 4.99 Å². The largest absolute Gasteiger partial charge is 0.497 e. The molecule has 0 aromatic heterocycles. The summed E-state index contributed by atoms with van der Waals surface area (Å²) in [5.74, 6) is 1.51. The number of nitrogens with zero attached hydrogens (tertiary/aromatic N) is 2. The monoisotopic (exact) mass is 422 g/mol. The van der Waals surface area contributed by atoms with Gasteiger partial charge in [-0.25, -0.2) is 4.99 Å². The molecule has 3 N–H and O–H groups in total. The van der Waals surface area contributed by atoms with E-state index in [4.69, 9.17) is 14.2 Å². The second-order valence-electron chi connectivity index (χ2n) is 7.73. The minimum absolute atomic E-state index is 0.407. The van der Waals surface area contributed by atoms with Crippen molar-refractivity contribution in [2.75, 3.05) is 66.3 Å². The summed E-state index contributed by atoms with van der Waals surface area (Å²) in [6.07, 6.45) is 0.890. The van der Waals surface area contributed by atoms with Crippen molar-refractivity contribution >= 4 is 5.96 Å². The molecule has 1 heterocycles. The zero-order valence-corrected chi connectivity index (χ0v) is 18.7. The third-order valence-electron chi connectivity index (χ3n) is 4.85. The molecule has 30 heavy (non-hydrogen) atoms. The minimum Gasteiger partial charge on any atom is -0.497 e. The number of nitrogens with one attached hydrogen (secondary N) is 2. The van der Waals surface area contributed by atoms with Crippen molar-refractivity contribution < 1.29 is 19.3 Å². The van der Waals surface area contributed by atoms with E-state index >= 15 is 0 Å². The summed E-state index contributed by atoms with van der Waals surface area (Å²) < 4.78 is 16.0. The van der Waals surface area contributed by atoms with Crippen LogP contribution in [-0.4, -0.2) is 87.8 Å². The average Bonchev–Trinajstić information content (AvgIpc) is 2.75. The molecule has 0 amide bonds. The van der Waals surface area contributed by atoms with Crippen LogP contribution in [0.1, 0.15) is 25.8 Å². The fourth-order valence-electron chi connectivity index (χ4n) is 3.17. The molecule has 1 fully saturated rings. The van der Waals surface area contributed by atoms with Crippen molar-refractivity contribution in [1.29, 1.82) is 0 Å². The number of guanidine groups is 1. The van der Waals surface area contributed by atoms with E-state index in [1.807, 2.05) is 38.1 Å². The Morgan fingerprint density at radius 3 is 2.63 bits per heavy atom. The van der Waals surface area contributed by atoms with Crippen molar-refractivity contribution in [3.05, 3.63) is 29.8 Å². The van der Waals surface area contributed by atoms with Gasteiger partial charge in [-0.05, 0) is 38.0 Å². The van der Waals surface area contributed by atoms with Gasteiger partial charge in [0, 0.05) is 45.9 Å². The highest BCUT2D eigenvalue weighted by Gasteiger charge is 2.25. The van der Waals surface area contributed by atoms with Gasteiger partial charge in [0.2, 0.25) is 0 Å². The lowest BCUT2D eigenvalue weighted by molar-refractivity contribution is -0.0201. The summed E-state index contributed by atoms with van der Waals surface area (Å²) in [4.78, 5) is 6.92. The smallest absolute Gasteiger partial charge is 0.191 e. The molecule has 0 spiro atoms. The van der Waals surface area contributed by atoms with E-state index in [0.717, 1.165) is 57.2 Å². The zero-order chi connectivity index (χ0) is 21.7. The Morgan fingerprint density at radius 2 is 1.97 bits per heavy atom. The van der Waals surface area contributed by atoms with Crippen molar-refractivity contribution in [2.45, 2.75) is 32.4 Å². The van der Waals surface area contributed by atoms with Crippen LogP contribution in [0.4, 0.5) is 0 Å². The minimum atomic E-state index is -0.870. The first kappa shape index (κ1) is 24.4. The number of hydrogen-bond donors (Lipinski definition) is 3. The summed E-state index contributed by atoms with van der Waals surface area (Å²) in [7, 11) is 1.66. The number of aliphatic hydroxyl groups is 1. The summed E-state index contributed by atoms with van der Waals surface area (Å²) in [5, 5.41) is 17.5. The molecule has 0 aliphatic carbocycles. The van der Waals surface area contributed by atoms with Crippen LogP contribution in [0.15, 0.2) is 29.3 Å². The molecule has 2 rings (SSSR count). The predicted molar refractivity (Wildman–Crippen MR) is 119 cm³/mol. The van der Waals surface area contributed by atoms with E-state index in [9.17, 15) is 5.11 Å². The van der Waals surface area contributed by atoms with Gasteiger partial charge >= 0.3 is 0 Å². The molecule has 8 nitrogen and oxygen atoms in total. The molecular weight excluding hydrogens is 384 g/mol. The Hall–Kier alpha value is -1.87. The van der Waals surface area contributed by atoms with Crippen LogP contribution in [0.3, 0.4) is 0 Å². The van der Waals surface area contributed by atoms with Crippen LogP contribution < -0.4 is 15.4 Å². The number of rotatable bonds is 12. The van der Waals surface area contributed by atoms with E-state index in [0.29, 0.717) is 32.2 Å². The molecule has 0 bridgehead atoms. The summed E-state index contributed by atoms with van der Waals surface area (Å²) >= 11 is 0. The Balaban J connectivity index is 1.89. The lowest BCUT2D eigenvalue weighted by Gasteiger charge is -2.34. The number of hydrogen-bond acceptors (Lipinski definition) is 6. The second-order valence-corrected chi connectivity index (χ2v) is 7.73. The van der Waals surface area contributed by atoms with E-state index in [2.05, 4.69) is 20.5 Å². The lowest BCUT2D eigenvalue weighted by atomic mass is 10.1. The van der Waals surface area contributed by atoms with Crippen LogP contribution in [0, 0.1) is 0 Å². The van der Waals surface area contributed by atoms with Gasteiger partial charge in [0.05, 0.1) is 32.5 Å². The topological polar surface area (TPSA) is 87.6 Å². The van der Waals surface area contributed by atoms with Gasteiger partial charge < -0.3 is 30.0 Å². The highest BCUT2D eigenvalue weighted by molar-refractivity contribution is 5.79. The van der Waals surface area contributed by atoms with E-state index < -0.39 is 5.60 Å². The van der Waals surface area contributed by atoms with E-state index in [-0.39, 0.29) is 0 Å². The van der Waals surface area contributed by atoms with Gasteiger partial charge in [0.15, 0.2) is 5.96 Å². The first-order chi connectivity index (χ1) is 14.5. The van der Waals surface area contributed by atoms with Crippen molar-refractivity contribution in [3.8, 4) is 5.75 Å².